The Hall–Kier alpha value is -3.69. The lowest BCUT2D eigenvalue weighted by Crippen LogP contribution is -2.30. The van der Waals surface area contributed by atoms with E-state index >= 15 is 0 Å². The van der Waals surface area contributed by atoms with Gasteiger partial charge in [0.05, 0.1) is 21.0 Å². The first-order chi connectivity index (χ1) is 16.7. The molecule has 35 heavy (non-hydrogen) atoms. The van der Waals surface area contributed by atoms with Crippen LogP contribution < -0.4 is 10.1 Å². The molecule has 3 aromatic rings. The molecule has 4 rings (SSSR count). The molecular weight excluding hydrogens is 538 g/mol. The molecule has 1 aliphatic rings. The summed E-state index contributed by atoms with van der Waals surface area (Å²) in [4.78, 5) is 36.7. The molecule has 0 aromatic heterocycles. The van der Waals surface area contributed by atoms with Crippen LogP contribution in [0.15, 0.2) is 70.8 Å². The van der Waals surface area contributed by atoms with Crippen LogP contribution >= 0.6 is 27.5 Å². The minimum atomic E-state index is -0.491. The largest absolute Gasteiger partial charge is 0.486 e. The molecule has 1 aliphatic heterocycles. The third-order valence-corrected chi connectivity index (χ3v) is 6.16. The fraction of sp³-hybridized carbons (Fsp3) is 0.120. The topological polar surface area (TPSA) is 102 Å². The van der Waals surface area contributed by atoms with Crippen LogP contribution in [-0.2, 0) is 17.9 Å². The fourth-order valence-electron chi connectivity index (χ4n) is 3.43. The highest BCUT2D eigenvalue weighted by Gasteiger charge is 2.33. The predicted octanol–water partition coefficient (Wildman–Crippen LogP) is 5.99. The number of aryl methyl sites for hydroxylation is 1. The number of carbonyl (C=O) groups is 2. The van der Waals surface area contributed by atoms with Crippen LogP contribution in [0.25, 0.3) is 6.08 Å². The molecule has 0 spiro atoms. The van der Waals surface area contributed by atoms with Gasteiger partial charge in [0.1, 0.15) is 12.3 Å². The second-order valence-electron chi connectivity index (χ2n) is 7.89. The lowest BCUT2D eigenvalue weighted by atomic mass is 10.1. The molecule has 8 nitrogen and oxygen atoms in total. The number of halogens is 2. The first kappa shape index (κ1) is 24.4. The van der Waals surface area contributed by atoms with Crippen LogP contribution in [0.2, 0.25) is 5.02 Å². The standard InChI is InChI=1S/C25H19BrClN3O5/c1-15-2-4-16(5-3-15)13-29-24(31)22(28-25(29)32)12-18-10-20(26)23(21(27)11-18)35-14-17-6-8-19(9-7-17)30(33)34/h2-12H,13-14H2,1H3,(H,28,32)/b22-12+. The third-order valence-electron chi connectivity index (χ3n) is 5.29. The van der Waals surface area contributed by atoms with Crippen molar-refractivity contribution in [3.8, 4) is 5.75 Å². The number of nitrogens with zero attached hydrogens (tertiary/aromatic N) is 2. The Morgan fingerprint density at radius 2 is 1.74 bits per heavy atom. The highest BCUT2D eigenvalue weighted by atomic mass is 79.9. The van der Waals surface area contributed by atoms with Crippen molar-refractivity contribution in [2.24, 2.45) is 0 Å². The summed E-state index contributed by atoms with van der Waals surface area (Å²) in [5, 5.41) is 13.7. The van der Waals surface area contributed by atoms with E-state index in [1.165, 1.54) is 12.1 Å². The summed E-state index contributed by atoms with van der Waals surface area (Å²) in [6.07, 6.45) is 1.55. The van der Waals surface area contributed by atoms with Gasteiger partial charge >= 0.3 is 6.03 Å². The summed E-state index contributed by atoms with van der Waals surface area (Å²) in [7, 11) is 0. The van der Waals surface area contributed by atoms with E-state index in [4.69, 9.17) is 16.3 Å². The number of amides is 3. The molecule has 0 radical (unpaired) electrons. The van der Waals surface area contributed by atoms with Crippen molar-refractivity contribution in [2.75, 3.05) is 0 Å². The number of urea groups is 1. The van der Waals surface area contributed by atoms with E-state index in [-0.39, 0.29) is 24.5 Å². The van der Waals surface area contributed by atoms with Crippen molar-refractivity contribution in [1.82, 2.24) is 10.2 Å². The molecule has 0 unspecified atom stereocenters. The summed E-state index contributed by atoms with van der Waals surface area (Å²) in [5.74, 6) is -0.0451. The summed E-state index contributed by atoms with van der Waals surface area (Å²) in [6, 6.07) is 16.5. The Labute approximate surface area is 214 Å². The summed E-state index contributed by atoms with van der Waals surface area (Å²) >= 11 is 9.84. The fourth-order valence-corrected chi connectivity index (χ4v) is 4.42. The molecule has 3 amide bonds. The highest BCUT2D eigenvalue weighted by molar-refractivity contribution is 9.10. The Morgan fingerprint density at radius 1 is 1.09 bits per heavy atom. The maximum absolute atomic E-state index is 12.8. The molecule has 0 bridgehead atoms. The van der Waals surface area contributed by atoms with Crippen molar-refractivity contribution in [3.05, 3.63) is 108 Å². The number of nitro groups is 1. The van der Waals surface area contributed by atoms with Gasteiger partial charge in [-0.05, 0) is 69.9 Å². The molecule has 0 saturated carbocycles. The first-order valence-electron chi connectivity index (χ1n) is 10.5. The van der Waals surface area contributed by atoms with Crippen LogP contribution in [0.4, 0.5) is 10.5 Å². The van der Waals surface area contributed by atoms with E-state index in [1.54, 1.807) is 30.3 Å². The van der Waals surface area contributed by atoms with Gasteiger partial charge in [-0.15, -0.1) is 0 Å². The van der Waals surface area contributed by atoms with E-state index in [0.717, 1.165) is 21.6 Å². The summed E-state index contributed by atoms with van der Waals surface area (Å²) < 4.78 is 6.34. The number of nitrogens with one attached hydrogen (secondary N) is 1. The summed E-state index contributed by atoms with van der Waals surface area (Å²) in [6.45, 7) is 2.29. The van der Waals surface area contributed by atoms with Crippen LogP contribution in [0.3, 0.4) is 0 Å². The van der Waals surface area contributed by atoms with Crippen LogP contribution in [-0.4, -0.2) is 21.8 Å². The van der Waals surface area contributed by atoms with Crippen molar-refractivity contribution in [1.29, 1.82) is 0 Å². The third kappa shape index (κ3) is 5.70. The van der Waals surface area contributed by atoms with E-state index in [9.17, 15) is 19.7 Å². The minimum absolute atomic E-state index is 0.00339. The molecule has 10 heteroatoms. The van der Waals surface area contributed by atoms with Gasteiger partial charge in [-0.25, -0.2) is 4.79 Å². The SMILES string of the molecule is Cc1ccc(CN2C(=O)N/C(=C/c3cc(Cl)c(OCc4ccc([N+](=O)[O-])cc4)c(Br)c3)C2=O)cc1. The number of hydrogen-bond acceptors (Lipinski definition) is 5. The Bertz CT molecular complexity index is 1320. The quantitative estimate of drug-likeness (QED) is 0.167. The number of nitro benzene ring substituents is 1. The Kier molecular flexibility index (Phi) is 7.18. The van der Waals surface area contributed by atoms with Crippen LogP contribution in [0.5, 0.6) is 5.75 Å². The van der Waals surface area contributed by atoms with Crippen LogP contribution in [0.1, 0.15) is 22.3 Å². The Balaban J connectivity index is 1.47. The van der Waals surface area contributed by atoms with Gasteiger partial charge in [0, 0.05) is 12.1 Å². The average Bonchev–Trinajstić information content (AvgIpc) is 3.07. The maximum atomic E-state index is 12.8. The lowest BCUT2D eigenvalue weighted by molar-refractivity contribution is -0.384. The highest BCUT2D eigenvalue weighted by Crippen LogP contribution is 2.36. The normalized spacial score (nSPS) is 14.4. The van der Waals surface area contributed by atoms with Crippen molar-refractivity contribution < 1.29 is 19.2 Å². The molecule has 0 atom stereocenters. The number of ether oxygens (including phenoxy) is 1. The van der Waals surface area contributed by atoms with Gasteiger partial charge in [0.2, 0.25) is 0 Å². The smallest absolute Gasteiger partial charge is 0.329 e. The van der Waals surface area contributed by atoms with Crippen LogP contribution in [0, 0.1) is 17.0 Å². The zero-order valence-electron chi connectivity index (χ0n) is 18.5. The molecule has 0 aliphatic carbocycles. The Morgan fingerprint density at radius 3 is 2.37 bits per heavy atom. The maximum Gasteiger partial charge on any atom is 0.329 e. The zero-order chi connectivity index (χ0) is 25.1. The lowest BCUT2D eigenvalue weighted by Gasteiger charge is -2.12. The monoisotopic (exact) mass is 555 g/mol. The van der Waals surface area contributed by atoms with E-state index in [1.807, 2.05) is 31.2 Å². The number of hydrogen-bond donors (Lipinski definition) is 1. The average molecular weight is 557 g/mol. The minimum Gasteiger partial charge on any atom is -0.486 e. The summed E-state index contributed by atoms with van der Waals surface area (Å²) in [5.41, 5.74) is 3.40. The van der Waals surface area contributed by atoms with Gasteiger partial charge in [0.15, 0.2) is 5.75 Å². The zero-order valence-corrected chi connectivity index (χ0v) is 20.8. The molecule has 1 saturated heterocycles. The number of non-ortho nitro benzene ring substituents is 1. The molecule has 178 valence electrons. The van der Waals surface area contributed by atoms with E-state index < -0.39 is 16.9 Å². The second-order valence-corrected chi connectivity index (χ2v) is 9.15. The van der Waals surface area contributed by atoms with Crippen molar-refractivity contribution in [3.63, 3.8) is 0 Å². The number of carbonyl (C=O) groups excluding carboxylic acids is 2. The molecular formula is C25H19BrClN3O5. The number of rotatable bonds is 7. The second kappa shape index (κ2) is 10.3. The van der Waals surface area contributed by atoms with Gasteiger partial charge in [-0.3, -0.25) is 19.8 Å². The van der Waals surface area contributed by atoms with E-state index in [2.05, 4.69) is 21.2 Å². The first-order valence-corrected chi connectivity index (χ1v) is 11.6. The van der Waals surface area contributed by atoms with Gasteiger partial charge in [-0.1, -0.05) is 41.4 Å². The molecule has 1 heterocycles. The van der Waals surface area contributed by atoms with E-state index in [0.29, 0.717) is 20.8 Å². The van der Waals surface area contributed by atoms with Gasteiger partial charge < -0.3 is 10.1 Å². The van der Waals surface area contributed by atoms with Crippen molar-refractivity contribution >= 4 is 51.2 Å². The molecule has 1 N–H and O–H groups in total. The van der Waals surface area contributed by atoms with Crippen molar-refractivity contribution in [2.45, 2.75) is 20.1 Å². The predicted molar refractivity (Wildman–Crippen MR) is 135 cm³/mol. The molecule has 3 aromatic carbocycles. The number of imide groups is 1. The molecule has 1 fully saturated rings. The van der Waals surface area contributed by atoms with Gasteiger partial charge in [-0.2, -0.15) is 0 Å². The van der Waals surface area contributed by atoms with Gasteiger partial charge in [0.25, 0.3) is 11.6 Å². The number of benzene rings is 3.